The molecule has 2 aromatic rings. The number of carbonyl (C=O) groups excluding carboxylic acids is 1. The standard InChI is InChI=1S/C13H7ClF2N2O2S/c14-9-5-10(15)8(4-11(9)16)12(20)18-13-17-6-7(21-13)2-1-3-19/h4-6,19H,3H2,(H,17,18,20). The van der Waals surface area contributed by atoms with E-state index >= 15 is 0 Å². The van der Waals surface area contributed by atoms with Crippen LogP contribution in [0.5, 0.6) is 0 Å². The molecule has 0 aliphatic rings. The molecule has 0 fully saturated rings. The summed E-state index contributed by atoms with van der Waals surface area (Å²) in [5.41, 5.74) is -0.477. The predicted molar refractivity (Wildman–Crippen MR) is 75.4 cm³/mol. The minimum absolute atomic E-state index is 0.178. The van der Waals surface area contributed by atoms with Crippen LogP contribution in [0.4, 0.5) is 13.9 Å². The second-order valence-electron chi connectivity index (χ2n) is 3.69. The number of benzene rings is 1. The first-order chi connectivity index (χ1) is 10.0. The molecule has 0 unspecified atom stereocenters. The molecule has 2 rings (SSSR count). The fourth-order valence-electron chi connectivity index (χ4n) is 1.38. The topological polar surface area (TPSA) is 62.2 Å². The van der Waals surface area contributed by atoms with Crippen LogP contribution < -0.4 is 5.32 Å². The molecule has 0 spiro atoms. The highest BCUT2D eigenvalue weighted by Gasteiger charge is 2.16. The zero-order valence-electron chi connectivity index (χ0n) is 10.3. The summed E-state index contributed by atoms with van der Waals surface area (Å²) in [5, 5.41) is 10.7. The highest BCUT2D eigenvalue weighted by Crippen LogP contribution is 2.22. The summed E-state index contributed by atoms with van der Waals surface area (Å²) in [6, 6.07) is 1.44. The third kappa shape index (κ3) is 3.76. The fraction of sp³-hybridized carbons (Fsp3) is 0.0769. The Morgan fingerprint density at radius 1 is 1.43 bits per heavy atom. The Morgan fingerprint density at radius 3 is 2.90 bits per heavy atom. The maximum Gasteiger partial charge on any atom is 0.260 e. The Labute approximate surface area is 127 Å². The van der Waals surface area contributed by atoms with Crippen LogP contribution in [-0.2, 0) is 0 Å². The monoisotopic (exact) mass is 328 g/mol. The van der Waals surface area contributed by atoms with Gasteiger partial charge in [-0.3, -0.25) is 10.1 Å². The van der Waals surface area contributed by atoms with E-state index in [1.165, 1.54) is 6.20 Å². The summed E-state index contributed by atoms with van der Waals surface area (Å²) in [6.45, 7) is -0.297. The Morgan fingerprint density at radius 2 is 2.19 bits per heavy atom. The second kappa shape index (κ2) is 6.63. The van der Waals surface area contributed by atoms with Crippen LogP contribution in [0, 0.1) is 23.5 Å². The van der Waals surface area contributed by atoms with Crippen LogP contribution in [0.1, 0.15) is 15.2 Å². The lowest BCUT2D eigenvalue weighted by Gasteiger charge is -2.04. The lowest BCUT2D eigenvalue weighted by molar-refractivity contribution is 0.102. The van der Waals surface area contributed by atoms with Crippen LogP contribution in [0.25, 0.3) is 0 Å². The number of amides is 1. The van der Waals surface area contributed by atoms with E-state index < -0.39 is 28.1 Å². The van der Waals surface area contributed by atoms with Gasteiger partial charge in [0.1, 0.15) is 18.2 Å². The van der Waals surface area contributed by atoms with Crippen LogP contribution >= 0.6 is 22.9 Å². The largest absolute Gasteiger partial charge is 0.384 e. The summed E-state index contributed by atoms with van der Waals surface area (Å²) in [7, 11) is 0. The number of nitrogens with zero attached hydrogens (tertiary/aromatic N) is 1. The lowest BCUT2D eigenvalue weighted by Crippen LogP contribution is -2.14. The van der Waals surface area contributed by atoms with Crippen molar-refractivity contribution in [3.05, 3.63) is 45.4 Å². The van der Waals surface area contributed by atoms with Crippen molar-refractivity contribution in [2.75, 3.05) is 11.9 Å². The van der Waals surface area contributed by atoms with E-state index in [4.69, 9.17) is 16.7 Å². The number of thiazole rings is 1. The SMILES string of the molecule is O=C(Nc1ncc(C#CCO)s1)c1cc(F)c(Cl)cc1F. The van der Waals surface area contributed by atoms with Crippen molar-refractivity contribution in [2.24, 2.45) is 0 Å². The minimum Gasteiger partial charge on any atom is -0.384 e. The lowest BCUT2D eigenvalue weighted by atomic mass is 10.2. The second-order valence-corrected chi connectivity index (χ2v) is 5.13. The maximum absolute atomic E-state index is 13.6. The van der Waals surface area contributed by atoms with Gasteiger partial charge in [0, 0.05) is 0 Å². The molecule has 0 bridgehead atoms. The number of anilines is 1. The van der Waals surface area contributed by atoms with Gasteiger partial charge >= 0.3 is 0 Å². The first-order valence-electron chi connectivity index (χ1n) is 5.52. The highest BCUT2D eigenvalue weighted by molar-refractivity contribution is 7.16. The van der Waals surface area contributed by atoms with Gasteiger partial charge in [0.25, 0.3) is 5.91 Å². The summed E-state index contributed by atoms with van der Waals surface area (Å²) < 4.78 is 26.8. The van der Waals surface area contributed by atoms with Crippen molar-refractivity contribution in [3.63, 3.8) is 0 Å². The summed E-state index contributed by atoms with van der Waals surface area (Å²) in [6.07, 6.45) is 1.39. The molecule has 21 heavy (non-hydrogen) atoms. The number of hydrogen-bond acceptors (Lipinski definition) is 4. The number of halogens is 3. The van der Waals surface area contributed by atoms with E-state index in [9.17, 15) is 13.6 Å². The van der Waals surface area contributed by atoms with Gasteiger partial charge in [0.05, 0.1) is 21.7 Å². The fourth-order valence-corrected chi connectivity index (χ4v) is 2.21. The quantitative estimate of drug-likeness (QED) is 0.658. The molecule has 0 aliphatic carbocycles. The first kappa shape index (κ1) is 15.4. The van der Waals surface area contributed by atoms with E-state index in [1.807, 2.05) is 0 Å². The van der Waals surface area contributed by atoms with Gasteiger partial charge in [-0.1, -0.05) is 34.8 Å². The van der Waals surface area contributed by atoms with E-state index in [-0.39, 0.29) is 11.7 Å². The van der Waals surface area contributed by atoms with Crippen molar-refractivity contribution in [1.82, 2.24) is 4.98 Å². The summed E-state index contributed by atoms with van der Waals surface area (Å²) in [5.74, 6) is 2.36. The Hall–Kier alpha value is -2.01. The number of carbonyl (C=O) groups is 1. The molecule has 1 amide bonds. The summed E-state index contributed by atoms with van der Waals surface area (Å²) >= 11 is 6.45. The van der Waals surface area contributed by atoms with Crippen molar-refractivity contribution in [3.8, 4) is 11.8 Å². The van der Waals surface area contributed by atoms with Gasteiger partial charge in [-0.2, -0.15) is 0 Å². The number of aliphatic hydroxyl groups excluding tert-OH is 1. The number of nitrogens with one attached hydrogen (secondary N) is 1. The number of rotatable bonds is 2. The van der Waals surface area contributed by atoms with Crippen molar-refractivity contribution >= 4 is 34.0 Å². The Kier molecular flexibility index (Phi) is 4.85. The molecular formula is C13H7ClF2N2O2S. The van der Waals surface area contributed by atoms with Gasteiger partial charge in [0.15, 0.2) is 5.13 Å². The Bertz CT molecular complexity index is 752. The Balaban J connectivity index is 2.18. The molecule has 8 heteroatoms. The normalized spacial score (nSPS) is 9.90. The molecule has 108 valence electrons. The van der Waals surface area contributed by atoms with Crippen LogP contribution in [0.3, 0.4) is 0 Å². The molecule has 0 atom stereocenters. The van der Waals surface area contributed by atoms with Crippen molar-refractivity contribution < 1.29 is 18.7 Å². The van der Waals surface area contributed by atoms with Gasteiger partial charge in [-0.15, -0.1) is 0 Å². The van der Waals surface area contributed by atoms with E-state index in [1.54, 1.807) is 0 Å². The highest BCUT2D eigenvalue weighted by atomic mass is 35.5. The molecule has 0 radical (unpaired) electrons. The molecule has 0 saturated carbocycles. The maximum atomic E-state index is 13.6. The molecule has 0 saturated heterocycles. The number of aromatic nitrogens is 1. The van der Waals surface area contributed by atoms with E-state index in [2.05, 4.69) is 22.1 Å². The van der Waals surface area contributed by atoms with Crippen LogP contribution in [0.2, 0.25) is 5.02 Å². The molecule has 1 heterocycles. The molecule has 0 aliphatic heterocycles. The van der Waals surface area contributed by atoms with Crippen LogP contribution in [0.15, 0.2) is 18.3 Å². The average Bonchev–Trinajstić information content (AvgIpc) is 2.88. The third-order valence-electron chi connectivity index (χ3n) is 2.27. The van der Waals surface area contributed by atoms with Crippen LogP contribution in [-0.4, -0.2) is 22.6 Å². The average molecular weight is 329 g/mol. The van der Waals surface area contributed by atoms with Crippen molar-refractivity contribution in [2.45, 2.75) is 0 Å². The number of hydrogen-bond donors (Lipinski definition) is 2. The molecular weight excluding hydrogens is 322 g/mol. The molecule has 1 aromatic heterocycles. The molecule has 2 N–H and O–H groups in total. The van der Waals surface area contributed by atoms with Gasteiger partial charge < -0.3 is 5.11 Å². The number of aliphatic hydroxyl groups is 1. The van der Waals surface area contributed by atoms with Gasteiger partial charge in [0.2, 0.25) is 0 Å². The molecule has 1 aromatic carbocycles. The third-order valence-corrected chi connectivity index (χ3v) is 3.39. The zero-order valence-corrected chi connectivity index (χ0v) is 11.9. The van der Waals surface area contributed by atoms with E-state index in [0.717, 1.165) is 17.4 Å². The van der Waals surface area contributed by atoms with Gasteiger partial charge in [-0.05, 0) is 12.1 Å². The van der Waals surface area contributed by atoms with Crippen molar-refractivity contribution in [1.29, 1.82) is 0 Å². The first-order valence-corrected chi connectivity index (χ1v) is 6.72. The van der Waals surface area contributed by atoms with Gasteiger partial charge in [-0.25, -0.2) is 13.8 Å². The summed E-state index contributed by atoms with van der Waals surface area (Å²) in [4.78, 5) is 16.2. The smallest absolute Gasteiger partial charge is 0.260 e. The predicted octanol–water partition coefficient (Wildman–Crippen LogP) is 2.67. The minimum atomic E-state index is -0.934. The molecule has 4 nitrogen and oxygen atoms in total. The van der Waals surface area contributed by atoms with E-state index in [0.29, 0.717) is 10.9 Å². The zero-order chi connectivity index (χ0) is 15.4.